The second kappa shape index (κ2) is 7.05. The number of fused-ring (bicyclic) bond motifs is 2. The molecule has 2 amide bonds. The van der Waals surface area contributed by atoms with Gasteiger partial charge >= 0.3 is 6.18 Å². The first-order valence-corrected chi connectivity index (χ1v) is 9.11. The first-order valence-electron chi connectivity index (χ1n) is 9.11. The average molecular weight is 384 g/mol. The van der Waals surface area contributed by atoms with E-state index in [1.54, 1.807) is 11.9 Å². The van der Waals surface area contributed by atoms with E-state index < -0.39 is 29.8 Å². The van der Waals surface area contributed by atoms with Crippen molar-refractivity contribution in [1.82, 2.24) is 9.80 Å². The van der Waals surface area contributed by atoms with E-state index in [1.807, 2.05) is 13.8 Å². The summed E-state index contributed by atoms with van der Waals surface area (Å²) in [5.74, 6) is -0.440. The zero-order chi connectivity index (χ0) is 19.9. The Labute approximate surface area is 156 Å². The molecule has 2 heterocycles. The summed E-state index contributed by atoms with van der Waals surface area (Å²) in [6.07, 6.45) is -3.52. The van der Waals surface area contributed by atoms with E-state index in [-0.39, 0.29) is 23.1 Å². The van der Waals surface area contributed by atoms with Crippen LogP contribution < -0.4 is 4.74 Å². The molecule has 0 aliphatic carbocycles. The molecule has 3 rings (SSSR count). The molecular formula is C19H23F3N2O3. The number of likely N-dealkylation sites (N-methyl/N-ethyl adjacent to an activating group) is 1. The van der Waals surface area contributed by atoms with Crippen LogP contribution in [0.1, 0.15) is 42.6 Å². The zero-order valence-corrected chi connectivity index (χ0v) is 15.5. The first kappa shape index (κ1) is 19.5. The molecular weight excluding hydrogens is 361 g/mol. The van der Waals surface area contributed by atoms with E-state index in [0.717, 1.165) is 25.0 Å². The van der Waals surface area contributed by atoms with Gasteiger partial charge in [-0.05, 0) is 31.0 Å². The number of carbonyl (C=O) groups is 2. The van der Waals surface area contributed by atoms with Crippen LogP contribution in [0.3, 0.4) is 0 Å². The highest BCUT2D eigenvalue weighted by Gasteiger charge is 2.45. The monoisotopic (exact) mass is 384 g/mol. The molecule has 1 aromatic carbocycles. The van der Waals surface area contributed by atoms with Crippen molar-refractivity contribution in [3.05, 3.63) is 29.3 Å². The van der Waals surface area contributed by atoms with E-state index in [0.29, 0.717) is 13.1 Å². The van der Waals surface area contributed by atoms with Gasteiger partial charge in [0.25, 0.3) is 5.91 Å². The van der Waals surface area contributed by atoms with Crippen molar-refractivity contribution < 1.29 is 27.5 Å². The SMILES string of the molecule is CCC(CC)C(=O)N1C[C@@H]2Oc3ccc(C(F)(F)F)cc3C(=O)N(C)[C@@H]2C1. The Morgan fingerprint density at radius 2 is 1.93 bits per heavy atom. The Morgan fingerprint density at radius 3 is 2.52 bits per heavy atom. The average Bonchev–Trinajstić information content (AvgIpc) is 3.01. The van der Waals surface area contributed by atoms with Crippen molar-refractivity contribution in [3.8, 4) is 5.75 Å². The molecule has 0 radical (unpaired) electrons. The largest absolute Gasteiger partial charge is 0.486 e. The third kappa shape index (κ3) is 3.49. The zero-order valence-electron chi connectivity index (χ0n) is 15.5. The number of likely N-dealkylation sites (tertiary alicyclic amines) is 1. The fourth-order valence-corrected chi connectivity index (χ4v) is 3.80. The molecule has 0 aromatic heterocycles. The van der Waals surface area contributed by atoms with Crippen molar-refractivity contribution in [2.24, 2.45) is 5.92 Å². The Balaban J connectivity index is 1.88. The fourth-order valence-electron chi connectivity index (χ4n) is 3.80. The fraction of sp³-hybridized carbons (Fsp3) is 0.579. The summed E-state index contributed by atoms with van der Waals surface area (Å²) in [4.78, 5) is 28.5. The molecule has 0 bridgehead atoms. The first-order chi connectivity index (χ1) is 12.7. The highest BCUT2D eigenvalue weighted by atomic mass is 19.4. The Bertz CT molecular complexity index is 746. The Hall–Kier alpha value is -2.25. The topological polar surface area (TPSA) is 49.9 Å². The molecule has 148 valence electrons. The smallest absolute Gasteiger partial charge is 0.416 e. The molecule has 2 aliphatic rings. The normalized spacial score (nSPS) is 22.4. The molecule has 0 spiro atoms. The van der Waals surface area contributed by atoms with Gasteiger partial charge in [-0.2, -0.15) is 13.2 Å². The number of amides is 2. The van der Waals surface area contributed by atoms with Crippen molar-refractivity contribution in [2.45, 2.75) is 45.0 Å². The molecule has 1 fully saturated rings. The van der Waals surface area contributed by atoms with E-state index in [1.165, 1.54) is 11.0 Å². The van der Waals surface area contributed by atoms with Crippen LogP contribution in [0, 0.1) is 5.92 Å². The number of hydrogen-bond acceptors (Lipinski definition) is 3. The number of carbonyl (C=O) groups excluding carboxylic acids is 2. The standard InChI is InChI=1S/C19H23F3N2O3/c1-4-11(5-2)17(25)24-9-14-16(10-24)27-15-7-6-12(19(20,21)22)8-13(15)18(26)23(14)3/h6-8,11,14,16H,4-5,9-10H2,1-3H3/t14-,16+/m1/s1. The maximum atomic E-state index is 13.0. The van der Waals surface area contributed by atoms with Crippen LogP contribution in [0.15, 0.2) is 18.2 Å². The minimum atomic E-state index is -4.53. The van der Waals surface area contributed by atoms with Crippen LogP contribution >= 0.6 is 0 Å². The van der Waals surface area contributed by atoms with Gasteiger partial charge in [0.05, 0.1) is 23.7 Å². The van der Waals surface area contributed by atoms with Gasteiger partial charge in [0.1, 0.15) is 11.9 Å². The summed E-state index contributed by atoms with van der Waals surface area (Å²) in [6.45, 7) is 4.56. The van der Waals surface area contributed by atoms with Crippen LogP contribution in [0.4, 0.5) is 13.2 Å². The number of nitrogens with zero attached hydrogens (tertiary/aromatic N) is 2. The number of benzene rings is 1. The molecule has 1 saturated heterocycles. The quantitative estimate of drug-likeness (QED) is 0.804. The van der Waals surface area contributed by atoms with Gasteiger partial charge in [-0.15, -0.1) is 0 Å². The number of ether oxygens (including phenoxy) is 1. The molecule has 2 aliphatic heterocycles. The highest BCUT2D eigenvalue weighted by Crippen LogP contribution is 2.36. The lowest BCUT2D eigenvalue weighted by Gasteiger charge is -2.25. The second-order valence-corrected chi connectivity index (χ2v) is 7.11. The maximum Gasteiger partial charge on any atom is 0.416 e. The van der Waals surface area contributed by atoms with Crippen LogP contribution in [0.5, 0.6) is 5.75 Å². The molecule has 5 nitrogen and oxygen atoms in total. The van der Waals surface area contributed by atoms with Gasteiger partial charge in [0.2, 0.25) is 5.91 Å². The maximum absolute atomic E-state index is 13.0. The molecule has 1 aromatic rings. The highest BCUT2D eigenvalue weighted by molar-refractivity contribution is 5.97. The summed E-state index contributed by atoms with van der Waals surface area (Å²) < 4.78 is 44.9. The predicted octanol–water partition coefficient (Wildman–Crippen LogP) is 3.19. The van der Waals surface area contributed by atoms with E-state index in [9.17, 15) is 22.8 Å². The lowest BCUT2D eigenvalue weighted by Crippen LogP contribution is -2.44. The van der Waals surface area contributed by atoms with Crippen LogP contribution in [0.25, 0.3) is 0 Å². The number of halogens is 3. The van der Waals surface area contributed by atoms with Crippen molar-refractivity contribution in [2.75, 3.05) is 20.1 Å². The van der Waals surface area contributed by atoms with Gasteiger partial charge in [0.15, 0.2) is 0 Å². The van der Waals surface area contributed by atoms with Crippen LogP contribution in [-0.2, 0) is 11.0 Å². The summed E-state index contributed by atoms with van der Waals surface area (Å²) in [5.41, 5.74) is -0.983. The third-order valence-electron chi connectivity index (χ3n) is 5.52. The lowest BCUT2D eigenvalue weighted by atomic mass is 10.0. The van der Waals surface area contributed by atoms with Crippen molar-refractivity contribution in [1.29, 1.82) is 0 Å². The third-order valence-corrected chi connectivity index (χ3v) is 5.52. The molecule has 8 heteroatoms. The van der Waals surface area contributed by atoms with E-state index >= 15 is 0 Å². The minimum absolute atomic E-state index is 0.0326. The number of rotatable bonds is 3. The molecule has 0 N–H and O–H groups in total. The van der Waals surface area contributed by atoms with Crippen LogP contribution in [-0.4, -0.2) is 53.9 Å². The van der Waals surface area contributed by atoms with Gasteiger partial charge < -0.3 is 14.5 Å². The van der Waals surface area contributed by atoms with E-state index in [2.05, 4.69) is 0 Å². The second-order valence-electron chi connectivity index (χ2n) is 7.11. The lowest BCUT2D eigenvalue weighted by molar-refractivity contribution is -0.137. The summed E-state index contributed by atoms with van der Waals surface area (Å²) in [5, 5.41) is 0. The Morgan fingerprint density at radius 1 is 1.26 bits per heavy atom. The van der Waals surface area contributed by atoms with Gasteiger partial charge in [-0.3, -0.25) is 9.59 Å². The summed E-state index contributed by atoms with van der Waals surface area (Å²) in [7, 11) is 1.55. The van der Waals surface area contributed by atoms with Crippen LogP contribution in [0.2, 0.25) is 0 Å². The van der Waals surface area contributed by atoms with Gasteiger partial charge in [-0.25, -0.2) is 0 Å². The predicted molar refractivity (Wildman–Crippen MR) is 92.4 cm³/mol. The summed E-state index contributed by atoms with van der Waals surface area (Å²) >= 11 is 0. The van der Waals surface area contributed by atoms with Crippen molar-refractivity contribution >= 4 is 11.8 Å². The minimum Gasteiger partial charge on any atom is -0.486 e. The van der Waals surface area contributed by atoms with Crippen molar-refractivity contribution in [3.63, 3.8) is 0 Å². The number of hydrogen-bond donors (Lipinski definition) is 0. The number of alkyl halides is 3. The molecule has 0 saturated carbocycles. The van der Waals surface area contributed by atoms with E-state index in [4.69, 9.17) is 4.74 Å². The van der Waals surface area contributed by atoms with Gasteiger partial charge in [-0.1, -0.05) is 13.8 Å². The molecule has 2 atom stereocenters. The summed E-state index contributed by atoms with van der Waals surface area (Å²) in [6, 6.07) is 2.55. The molecule has 0 unspecified atom stereocenters. The Kier molecular flexibility index (Phi) is 5.10. The van der Waals surface area contributed by atoms with Gasteiger partial charge in [0, 0.05) is 19.5 Å². The molecule has 27 heavy (non-hydrogen) atoms.